The number of ether oxygens (including phenoxy) is 1. The van der Waals surface area contributed by atoms with Crippen LogP contribution < -0.4 is 0 Å². The van der Waals surface area contributed by atoms with Gasteiger partial charge >= 0.3 is 0 Å². The minimum atomic E-state index is 0.476. The molecule has 21 heavy (non-hydrogen) atoms. The second kappa shape index (κ2) is 7.38. The molecule has 2 aliphatic heterocycles. The lowest BCUT2D eigenvalue weighted by Gasteiger charge is -2.37. The van der Waals surface area contributed by atoms with E-state index in [0.717, 1.165) is 52.4 Å². The summed E-state index contributed by atoms with van der Waals surface area (Å²) < 4.78 is 8.09. The van der Waals surface area contributed by atoms with Gasteiger partial charge in [-0.15, -0.1) is 0 Å². The summed E-state index contributed by atoms with van der Waals surface area (Å²) in [6.07, 6.45) is 8.29. The molecule has 0 unspecified atom stereocenters. The van der Waals surface area contributed by atoms with Crippen molar-refractivity contribution in [1.29, 1.82) is 0 Å². The molecule has 0 amide bonds. The maximum atomic E-state index is 5.85. The number of nitrogens with zero attached hydrogens (tertiary/aromatic N) is 4. The molecule has 2 fully saturated rings. The molecule has 5 heteroatoms. The van der Waals surface area contributed by atoms with E-state index in [1.807, 2.05) is 6.20 Å². The third kappa shape index (κ3) is 4.05. The van der Waals surface area contributed by atoms with E-state index < -0.39 is 0 Å². The quantitative estimate of drug-likeness (QED) is 0.825. The molecule has 0 spiro atoms. The largest absolute Gasteiger partial charge is 0.377 e. The Morgan fingerprint density at radius 3 is 2.71 bits per heavy atom. The summed E-state index contributed by atoms with van der Waals surface area (Å²) in [6, 6.07) is 0. The fourth-order valence-corrected chi connectivity index (χ4v) is 3.35. The number of piperazine rings is 1. The Balaban J connectivity index is 1.42. The van der Waals surface area contributed by atoms with Gasteiger partial charge in [0.1, 0.15) is 5.82 Å². The fraction of sp³-hybridized carbons (Fsp3) is 0.812. The summed E-state index contributed by atoms with van der Waals surface area (Å²) in [4.78, 5) is 9.57. The molecule has 3 heterocycles. The summed E-state index contributed by atoms with van der Waals surface area (Å²) in [5, 5.41) is 0. The molecule has 0 N–H and O–H groups in total. The molecule has 118 valence electrons. The third-order valence-corrected chi connectivity index (χ3v) is 4.71. The standard InChI is InChI=1S/C16H28N4O/c1-2-20-7-6-17-16(20)14-19-10-8-18(9-11-19)13-15-5-3-4-12-21-15/h6-7,15H,2-5,8-14H2,1H3/t15-/m0/s1. The monoisotopic (exact) mass is 292 g/mol. The van der Waals surface area contributed by atoms with Crippen LogP contribution in [0.15, 0.2) is 12.4 Å². The number of rotatable bonds is 5. The number of imidazole rings is 1. The number of aryl methyl sites for hydroxylation is 1. The highest BCUT2D eigenvalue weighted by Crippen LogP contribution is 2.15. The first-order valence-corrected chi connectivity index (χ1v) is 8.41. The minimum absolute atomic E-state index is 0.476. The molecule has 0 saturated carbocycles. The minimum Gasteiger partial charge on any atom is -0.377 e. The molecule has 1 aromatic rings. The van der Waals surface area contributed by atoms with Gasteiger partial charge in [0.25, 0.3) is 0 Å². The Labute approximate surface area is 127 Å². The number of aromatic nitrogens is 2. The molecule has 0 aliphatic carbocycles. The van der Waals surface area contributed by atoms with E-state index in [1.165, 1.54) is 25.1 Å². The van der Waals surface area contributed by atoms with E-state index in [1.54, 1.807) is 0 Å². The van der Waals surface area contributed by atoms with Crippen LogP contribution in [0.3, 0.4) is 0 Å². The lowest BCUT2D eigenvalue weighted by atomic mass is 10.1. The van der Waals surface area contributed by atoms with E-state index in [9.17, 15) is 0 Å². The Bertz CT molecular complexity index is 420. The lowest BCUT2D eigenvalue weighted by molar-refractivity contribution is -0.0147. The average molecular weight is 292 g/mol. The van der Waals surface area contributed by atoms with Crippen molar-refractivity contribution in [2.75, 3.05) is 39.3 Å². The molecule has 1 aromatic heterocycles. The summed E-state index contributed by atoms with van der Waals surface area (Å²) in [7, 11) is 0. The van der Waals surface area contributed by atoms with Gasteiger partial charge in [0.05, 0.1) is 12.6 Å². The van der Waals surface area contributed by atoms with Crippen LogP contribution in [0.1, 0.15) is 32.0 Å². The zero-order chi connectivity index (χ0) is 14.5. The average Bonchev–Trinajstić information content (AvgIpc) is 2.97. The topological polar surface area (TPSA) is 33.5 Å². The van der Waals surface area contributed by atoms with Crippen molar-refractivity contribution in [3.63, 3.8) is 0 Å². The molecule has 5 nitrogen and oxygen atoms in total. The molecule has 2 saturated heterocycles. The third-order valence-electron chi connectivity index (χ3n) is 4.71. The number of hydrogen-bond donors (Lipinski definition) is 0. The van der Waals surface area contributed by atoms with E-state index >= 15 is 0 Å². The van der Waals surface area contributed by atoms with Crippen LogP contribution in [-0.4, -0.2) is 64.8 Å². The summed E-state index contributed by atoms with van der Waals surface area (Å²) in [6.45, 7) is 10.9. The van der Waals surface area contributed by atoms with Crippen LogP contribution in [0, 0.1) is 0 Å². The van der Waals surface area contributed by atoms with Gasteiger partial charge in [0, 0.05) is 58.3 Å². The first-order chi connectivity index (χ1) is 10.3. The summed E-state index contributed by atoms with van der Waals surface area (Å²) in [5.41, 5.74) is 0. The Hall–Kier alpha value is -0.910. The zero-order valence-corrected chi connectivity index (χ0v) is 13.2. The van der Waals surface area contributed by atoms with Gasteiger partial charge in [-0.2, -0.15) is 0 Å². The van der Waals surface area contributed by atoms with Crippen molar-refractivity contribution >= 4 is 0 Å². The van der Waals surface area contributed by atoms with Crippen LogP contribution in [0.4, 0.5) is 0 Å². The number of hydrogen-bond acceptors (Lipinski definition) is 4. The lowest BCUT2D eigenvalue weighted by Crippen LogP contribution is -2.49. The first-order valence-electron chi connectivity index (χ1n) is 8.41. The Morgan fingerprint density at radius 1 is 1.19 bits per heavy atom. The highest BCUT2D eigenvalue weighted by atomic mass is 16.5. The predicted molar refractivity (Wildman–Crippen MR) is 83.2 cm³/mol. The van der Waals surface area contributed by atoms with Gasteiger partial charge < -0.3 is 9.30 Å². The van der Waals surface area contributed by atoms with E-state index in [4.69, 9.17) is 4.74 Å². The van der Waals surface area contributed by atoms with Crippen LogP contribution in [-0.2, 0) is 17.8 Å². The van der Waals surface area contributed by atoms with Crippen molar-refractivity contribution in [2.45, 2.75) is 45.4 Å². The molecule has 0 bridgehead atoms. The normalized spacial score (nSPS) is 25.3. The SMILES string of the molecule is CCn1ccnc1CN1CCN(C[C@@H]2CCCCO2)CC1. The molecular formula is C16H28N4O. The smallest absolute Gasteiger partial charge is 0.122 e. The van der Waals surface area contributed by atoms with Crippen LogP contribution in [0.25, 0.3) is 0 Å². The van der Waals surface area contributed by atoms with Crippen molar-refractivity contribution in [1.82, 2.24) is 19.4 Å². The van der Waals surface area contributed by atoms with E-state index in [-0.39, 0.29) is 0 Å². The van der Waals surface area contributed by atoms with Gasteiger partial charge in [-0.3, -0.25) is 9.80 Å². The van der Waals surface area contributed by atoms with E-state index in [2.05, 4.69) is 32.5 Å². The fourth-order valence-electron chi connectivity index (χ4n) is 3.35. The van der Waals surface area contributed by atoms with Crippen molar-refractivity contribution < 1.29 is 4.74 Å². The van der Waals surface area contributed by atoms with Crippen LogP contribution in [0.2, 0.25) is 0 Å². The van der Waals surface area contributed by atoms with Gasteiger partial charge in [0.15, 0.2) is 0 Å². The Kier molecular flexibility index (Phi) is 5.27. The van der Waals surface area contributed by atoms with Crippen molar-refractivity contribution in [3.8, 4) is 0 Å². The molecule has 0 aromatic carbocycles. The highest BCUT2D eigenvalue weighted by Gasteiger charge is 2.22. The maximum Gasteiger partial charge on any atom is 0.122 e. The molecular weight excluding hydrogens is 264 g/mol. The van der Waals surface area contributed by atoms with Gasteiger partial charge in [-0.25, -0.2) is 4.98 Å². The maximum absolute atomic E-state index is 5.85. The Morgan fingerprint density at radius 2 is 2.00 bits per heavy atom. The molecule has 1 atom stereocenters. The van der Waals surface area contributed by atoms with Crippen molar-refractivity contribution in [3.05, 3.63) is 18.2 Å². The molecule has 2 aliphatic rings. The second-order valence-electron chi connectivity index (χ2n) is 6.19. The molecule has 3 rings (SSSR count). The van der Waals surface area contributed by atoms with Gasteiger partial charge in [0.2, 0.25) is 0 Å². The first kappa shape index (κ1) is 15.0. The van der Waals surface area contributed by atoms with Crippen molar-refractivity contribution in [2.24, 2.45) is 0 Å². The van der Waals surface area contributed by atoms with Gasteiger partial charge in [-0.1, -0.05) is 0 Å². The van der Waals surface area contributed by atoms with Crippen LogP contribution >= 0.6 is 0 Å². The second-order valence-corrected chi connectivity index (χ2v) is 6.19. The highest BCUT2D eigenvalue weighted by molar-refractivity contribution is 4.93. The van der Waals surface area contributed by atoms with Crippen LogP contribution in [0.5, 0.6) is 0 Å². The van der Waals surface area contributed by atoms with Gasteiger partial charge in [-0.05, 0) is 26.2 Å². The molecule has 0 radical (unpaired) electrons. The summed E-state index contributed by atoms with van der Waals surface area (Å²) in [5.74, 6) is 1.20. The predicted octanol–water partition coefficient (Wildman–Crippen LogP) is 1.59. The summed E-state index contributed by atoms with van der Waals surface area (Å²) >= 11 is 0. The zero-order valence-electron chi connectivity index (χ0n) is 13.2. The van der Waals surface area contributed by atoms with E-state index in [0.29, 0.717) is 6.10 Å².